The van der Waals surface area contributed by atoms with Crippen molar-refractivity contribution in [3.8, 4) is 0 Å². The summed E-state index contributed by atoms with van der Waals surface area (Å²) in [7, 11) is 0. The minimum atomic E-state index is -0.0955. The number of thiocarbonyl (C=S) groups is 1. The molecule has 0 bridgehead atoms. The maximum absolute atomic E-state index is 11.1. The molecule has 0 heterocycles. The molecule has 0 aromatic rings. The van der Waals surface area contributed by atoms with Crippen molar-refractivity contribution in [1.82, 2.24) is 0 Å². The highest BCUT2D eigenvalue weighted by molar-refractivity contribution is 7.78. The van der Waals surface area contributed by atoms with E-state index in [2.05, 4.69) is 22.4 Å². The third-order valence-corrected chi connectivity index (χ3v) is 2.70. The van der Waals surface area contributed by atoms with Crippen LogP contribution in [0.1, 0.15) is 44.9 Å². The second-order valence-electron chi connectivity index (χ2n) is 3.66. The molecule has 13 heavy (non-hydrogen) atoms. The van der Waals surface area contributed by atoms with E-state index >= 15 is 0 Å². The average Bonchev–Trinajstić information content (AvgIpc) is 2.33. The normalized spacial score (nSPS) is 18.8. The van der Waals surface area contributed by atoms with Crippen LogP contribution < -0.4 is 0 Å². The fraction of sp³-hybridized carbons (Fsp3) is 0.800. The van der Waals surface area contributed by atoms with Crippen molar-refractivity contribution in [3.05, 3.63) is 0 Å². The first-order valence-corrected chi connectivity index (χ1v) is 5.34. The lowest BCUT2D eigenvalue weighted by atomic mass is 9.96. The number of nitrogens with zero attached hydrogens (tertiary/aromatic N) is 1. The number of rotatable bonds is 2. The minimum Gasteiger partial charge on any atom is -0.272 e. The maximum atomic E-state index is 11.1. The van der Waals surface area contributed by atoms with E-state index in [1.807, 2.05) is 0 Å². The van der Waals surface area contributed by atoms with E-state index in [1.165, 1.54) is 38.5 Å². The predicted octanol–water partition coefficient (Wildman–Crippen LogP) is 2.98. The summed E-state index contributed by atoms with van der Waals surface area (Å²) in [5.74, 6) is 0.448. The molecule has 0 saturated heterocycles. The van der Waals surface area contributed by atoms with Gasteiger partial charge >= 0.3 is 0 Å². The summed E-state index contributed by atoms with van der Waals surface area (Å²) < 4.78 is 0. The number of amides is 1. The zero-order valence-corrected chi connectivity index (χ0v) is 8.61. The van der Waals surface area contributed by atoms with E-state index in [-0.39, 0.29) is 5.91 Å². The number of aliphatic imine (C=N–C) groups is 1. The van der Waals surface area contributed by atoms with E-state index in [0.29, 0.717) is 12.3 Å². The zero-order valence-electron chi connectivity index (χ0n) is 7.79. The lowest BCUT2D eigenvalue weighted by Crippen LogP contribution is -2.05. The number of carbonyl (C=O) groups is 1. The van der Waals surface area contributed by atoms with Crippen LogP contribution in [0.3, 0.4) is 0 Å². The molecule has 0 spiro atoms. The first-order chi connectivity index (χ1) is 6.33. The largest absolute Gasteiger partial charge is 0.272 e. The van der Waals surface area contributed by atoms with Crippen LogP contribution in [0.15, 0.2) is 4.99 Å². The number of hydrogen-bond acceptors (Lipinski definition) is 2. The monoisotopic (exact) mass is 197 g/mol. The van der Waals surface area contributed by atoms with Gasteiger partial charge in [-0.3, -0.25) is 4.79 Å². The molecule has 1 amide bonds. The van der Waals surface area contributed by atoms with Crippen molar-refractivity contribution >= 4 is 23.3 Å². The Morgan fingerprint density at radius 3 is 2.46 bits per heavy atom. The Balaban J connectivity index is 2.33. The van der Waals surface area contributed by atoms with Gasteiger partial charge in [0.1, 0.15) is 0 Å². The Morgan fingerprint density at radius 2 is 1.92 bits per heavy atom. The summed E-state index contributed by atoms with van der Waals surface area (Å²) in [6, 6.07) is 0. The molecule has 0 atom stereocenters. The van der Waals surface area contributed by atoms with E-state index in [9.17, 15) is 4.79 Å². The Kier molecular flexibility index (Phi) is 4.87. The number of carbonyl (C=O) groups excluding carboxylic acids is 1. The van der Waals surface area contributed by atoms with Crippen LogP contribution >= 0.6 is 12.2 Å². The molecule has 0 aromatic heterocycles. The standard InChI is InChI=1S/C10H15NOS/c12-10(11-8-13)7-9-5-3-1-2-4-6-9/h9H,1-7H2. The fourth-order valence-electron chi connectivity index (χ4n) is 1.91. The van der Waals surface area contributed by atoms with Crippen molar-refractivity contribution in [3.63, 3.8) is 0 Å². The summed E-state index contributed by atoms with van der Waals surface area (Å²) in [4.78, 5) is 14.6. The molecular formula is C10H15NOS. The highest BCUT2D eigenvalue weighted by atomic mass is 32.1. The predicted molar refractivity (Wildman–Crippen MR) is 55.8 cm³/mol. The van der Waals surface area contributed by atoms with Crippen LogP contribution in [-0.2, 0) is 4.79 Å². The second kappa shape index (κ2) is 6.01. The molecule has 0 aliphatic heterocycles. The van der Waals surface area contributed by atoms with Crippen molar-refractivity contribution in [2.75, 3.05) is 0 Å². The van der Waals surface area contributed by atoms with Gasteiger partial charge in [0.2, 0.25) is 0 Å². The number of hydrogen-bond donors (Lipinski definition) is 0. The molecule has 3 heteroatoms. The van der Waals surface area contributed by atoms with Crippen LogP contribution in [0.25, 0.3) is 0 Å². The molecule has 1 aliphatic rings. The van der Waals surface area contributed by atoms with E-state index in [0.717, 1.165) is 0 Å². The summed E-state index contributed by atoms with van der Waals surface area (Å²) >= 11 is 4.39. The Bertz CT molecular complexity index is 213. The molecule has 1 fully saturated rings. The summed E-state index contributed by atoms with van der Waals surface area (Å²) in [6.45, 7) is 0. The summed E-state index contributed by atoms with van der Waals surface area (Å²) in [5, 5.41) is 2.13. The van der Waals surface area contributed by atoms with Gasteiger partial charge in [-0.2, -0.15) is 4.99 Å². The van der Waals surface area contributed by atoms with Gasteiger partial charge in [0.05, 0.1) is 5.16 Å². The van der Waals surface area contributed by atoms with Crippen LogP contribution in [0.4, 0.5) is 0 Å². The molecule has 0 aromatic carbocycles. The highest BCUT2D eigenvalue weighted by Gasteiger charge is 2.15. The first kappa shape index (κ1) is 10.6. The first-order valence-electron chi connectivity index (χ1n) is 4.93. The lowest BCUT2D eigenvalue weighted by Gasteiger charge is -2.09. The molecule has 1 saturated carbocycles. The summed E-state index contributed by atoms with van der Waals surface area (Å²) in [5.41, 5.74) is 0. The Labute approximate surface area is 84.4 Å². The zero-order chi connectivity index (χ0) is 9.52. The number of isothiocyanates is 1. The molecule has 1 rings (SSSR count). The van der Waals surface area contributed by atoms with Gasteiger partial charge in [0.15, 0.2) is 0 Å². The molecule has 0 radical (unpaired) electrons. The molecule has 1 aliphatic carbocycles. The highest BCUT2D eigenvalue weighted by Crippen LogP contribution is 2.25. The smallest absolute Gasteiger partial charge is 0.254 e. The van der Waals surface area contributed by atoms with Crippen LogP contribution in [0.5, 0.6) is 0 Å². The summed E-state index contributed by atoms with van der Waals surface area (Å²) in [6.07, 6.45) is 8.10. The van der Waals surface area contributed by atoms with Crippen molar-refractivity contribution < 1.29 is 4.79 Å². The lowest BCUT2D eigenvalue weighted by molar-refractivity contribution is -0.118. The van der Waals surface area contributed by atoms with Gasteiger partial charge in [0.25, 0.3) is 5.91 Å². The van der Waals surface area contributed by atoms with E-state index in [4.69, 9.17) is 0 Å². The second-order valence-corrected chi connectivity index (χ2v) is 3.84. The van der Waals surface area contributed by atoms with Gasteiger partial charge in [-0.1, -0.05) is 25.7 Å². The molecule has 0 unspecified atom stereocenters. The van der Waals surface area contributed by atoms with E-state index < -0.39 is 0 Å². The van der Waals surface area contributed by atoms with Gasteiger partial charge in [0, 0.05) is 6.42 Å². The Hall–Kier alpha value is -0.530. The third kappa shape index (κ3) is 4.30. The van der Waals surface area contributed by atoms with Crippen molar-refractivity contribution in [2.24, 2.45) is 10.9 Å². The quantitative estimate of drug-likeness (QED) is 0.387. The average molecular weight is 197 g/mol. The van der Waals surface area contributed by atoms with Gasteiger partial charge in [-0.05, 0) is 31.0 Å². The third-order valence-electron chi connectivity index (χ3n) is 2.61. The van der Waals surface area contributed by atoms with Crippen LogP contribution in [0.2, 0.25) is 0 Å². The Morgan fingerprint density at radius 1 is 1.31 bits per heavy atom. The van der Waals surface area contributed by atoms with Crippen LogP contribution in [0, 0.1) is 5.92 Å². The molecular weight excluding hydrogens is 182 g/mol. The van der Waals surface area contributed by atoms with E-state index in [1.54, 1.807) is 0 Å². The fourth-order valence-corrected chi connectivity index (χ4v) is 2.01. The molecule has 2 nitrogen and oxygen atoms in total. The maximum Gasteiger partial charge on any atom is 0.254 e. The van der Waals surface area contributed by atoms with Crippen LogP contribution in [-0.4, -0.2) is 11.1 Å². The van der Waals surface area contributed by atoms with Gasteiger partial charge < -0.3 is 0 Å². The van der Waals surface area contributed by atoms with Crippen molar-refractivity contribution in [1.29, 1.82) is 0 Å². The molecule has 0 N–H and O–H groups in total. The van der Waals surface area contributed by atoms with Crippen molar-refractivity contribution in [2.45, 2.75) is 44.9 Å². The van der Waals surface area contributed by atoms with Gasteiger partial charge in [-0.15, -0.1) is 0 Å². The minimum absolute atomic E-state index is 0.0955. The van der Waals surface area contributed by atoms with Gasteiger partial charge in [-0.25, -0.2) is 0 Å². The molecule has 72 valence electrons. The SMILES string of the molecule is O=C(CC1CCCCCC1)N=C=S. The topological polar surface area (TPSA) is 29.4 Å².